The lowest BCUT2D eigenvalue weighted by Crippen LogP contribution is -2.36. The highest BCUT2D eigenvalue weighted by Gasteiger charge is 2.46. The number of carbonyl (C=O) groups is 3. The van der Waals surface area contributed by atoms with E-state index in [0.29, 0.717) is 38.5 Å². The molecule has 2 unspecified atom stereocenters. The molecule has 2 rings (SSSR count). The monoisotopic (exact) mass is 1110 g/mol. The lowest BCUT2D eigenvalue weighted by molar-refractivity contribution is -0.161. The minimum absolute atomic E-state index is 0.0594. The Balaban J connectivity index is 1.82. The third-order valence-electron chi connectivity index (χ3n) is 11.7. The quantitative estimate of drug-likeness (QED) is 0.0101. The van der Waals surface area contributed by atoms with Gasteiger partial charge < -0.3 is 39.9 Å². The van der Waals surface area contributed by atoms with Crippen LogP contribution < -0.4 is 11.4 Å². The van der Waals surface area contributed by atoms with Crippen LogP contribution in [0.4, 0.5) is 5.82 Å². The number of hydrogen-bond donors (Lipinski definition) is 5. The van der Waals surface area contributed by atoms with Crippen molar-refractivity contribution in [3.63, 3.8) is 0 Å². The highest BCUT2D eigenvalue weighted by atomic mass is 31.3. The number of aromatic nitrogens is 2. The summed E-state index contributed by atoms with van der Waals surface area (Å²) in [5.41, 5.74) is 4.58. The van der Waals surface area contributed by atoms with Gasteiger partial charge in [-0.05, 0) is 89.2 Å². The smallest absolute Gasteiger partial charge is 0.462 e. The van der Waals surface area contributed by atoms with Crippen LogP contribution in [0.5, 0.6) is 0 Å². The van der Waals surface area contributed by atoms with Gasteiger partial charge in [-0.25, -0.2) is 13.9 Å². The summed E-state index contributed by atoms with van der Waals surface area (Å²) in [6.07, 6.45) is 42.1. The molecule has 0 spiro atoms. The number of nitrogens with zero attached hydrogens (tertiary/aromatic N) is 2. The highest BCUT2D eigenvalue weighted by molar-refractivity contribution is 7.61. The molecule has 19 nitrogen and oxygen atoms in total. The first-order chi connectivity index (χ1) is 36.6. The van der Waals surface area contributed by atoms with Gasteiger partial charge in [-0.2, -0.15) is 9.29 Å². The Labute approximate surface area is 450 Å². The van der Waals surface area contributed by atoms with Gasteiger partial charge in [0.15, 0.2) is 18.1 Å². The fraction of sp³-hybridized carbons (Fsp3) is 0.618. The van der Waals surface area contributed by atoms with Gasteiger partial charge >= 0.3 is 33.3 Å². The molecule has 6 N–H and O–H groups in total. The second kappa shape index (κ2) is 41.7. The molecule has 428 valence electrons. The number of aliphatic hydroxyl groups is 2. The third kappa shape index (κ3) is 33.7. The highest BCUT2D eigenvalue weighted by Crippen LogP contribution is 2.60. The van der Waals surface area contributed by atoms with Crippen LogP contribution >= 0.6 is 15.6 Å². The molecule has 0 radical (unpaired) electrons. The van der Waals surface area contributed by atoms with Crippen LogP contribution in [0.1, 0.15) is 174 Å². The number of nitrogens with two attached hydrogens (primary N) is 1. The number of aliphatic hydroxyl groups excluding tert-OH is 2. The summed E-state index contributed by atoms with van der Waals surface area (Å²) in [4.78, 5) is 73.8. The molecular weight excluding hydrogens is 1020 g/mol. The minimum Gasteiger partial charge on any atom is -0.462 e. The average Bonchev–Trinajstić information content (AvgIpc) is 3.65. The van der Waals surface area contributed by atoms with Crippen molar-refractivity contribution >= 4 is 39.2 Å². The lowest BCUT2D eigenvalue weighted by atomic mass is 10.1. The first kappa shape index (κ1) is 67.7. The van der Waals surface area contributed by atoms with Crippen molar-refractivity contribution in [2.45, 2.75) is 199 Å². The molecule has 0 amide bonds. The molecule has 21 heteroatoms. The fourth-order valence-corrected chi connectivity index (χ4v) is 9.55. The van der Waals surface area contributed by atoms with Crippen molar-refractivity contribution in [3.05, 3.63) is 108 Å². The van der Waals surface area contributed by atoms with Gasteiger partial charge in [-0.3, -0.25) is 28.0 Å². The van der Waals surface area contributed by atoms with Crippen molar-refractivity contribution in [2.24, 2.45) is 0 Å². The topological polar surface area (TPSA) is 283 Å². The van der Waals surface area contributed by atoms with Crippen LogP contribution in [0.2, 0.25) is 0 Å². The summed E-state index contributed by atoms with van der Waals surface area (Å²) >= 11 is 0. The Hall–Kier alpha value is -4.39. The van der Waals surface area contributed by atoms with Crippen molar-refractivity contribution in [2.75, 3.05) is 25.6 Å². The van der Waals surface area contributed by atoms with E-state index in [4.69, 9.17) is 29.0 Å². The molecule has 1 aromatic heterocycles. The van der Waals surface area contributed by atoms with E-state index in [1.165, 1.54) is 31.7 Å². The van der Waals surface area contributed by atoms with Gasteiger partial charge in [0.1, 0.15) is 30.7 Å². The predicted octanol–water partition coefficient (Wildman–Crippen LogP) is 11.0. The summed E-state index contributed by atoms with van der Waals surface area (Å²) in [6, 6.07) is 1.24. The molecule has 1 aromatic rings. The molecule has 1 saturated heterocycles. The number of rotatable bonds is 44. The molecule has 1 fully saturated rings. The first-order valence-corrected chi connectivity index (χ1v) is 30.0. The Morgan fingerprint density at radius 2 is 1.20 bits per heavy atom. The Morgan fingerprint density at radius 3 is 1.83 bits per heavy atom. The summed E-state index contributed by atoms with van der Waals surface area (Å²) in [5.74, 6) is -1.30. The number of ketones is 1. The van der Waals surface area contributed by atoms with E-state index < -0.39 is 83.7 Å². The second-order valence-electron chi connectivity index (χ2n) is 18.4. The number of anilines is 1. The number of esters is 2. The second-order valence-corrected chi connectivity index (χ2v) is 21.4. The van der Waals surface area contributed by atoms with Gasteiger partial charge in [0.05, 0.1) is 13.2 Å². The largest absolute Gasteiger partial charge is 0.481 e. The molecule has 7 atom stereocenters. The van der Waals surface area contributed by atoms with Gasteiger partial charge in [-0.1, -0.05) is 151 Å². The van der Waals surface area contributed by atoms with Gasteiger partial charge in [0.2, 0.25) is 0 Å². The van der Waals surface area contributed by atoms with Crippen LogP contribution in [0.3, 0.4) is 0 Å². The number of carbonyl (C=O) groups excluding carboxylic acids is 3. The van der Waals surface area contributed by atoms with Crippen molar-refractivity contribution in [1.82, 2.24) is 9.55 Å². The fourth-order valence-electron chi connectivity index (χ4n) is 7.44. The maximum Gasteiger partial charge on any atom is 0.481 e. The lowest BCUT2D eigenvalue weighted by Gasteiger charge is -2.21. The predicted molar refractivity (Wildman–Crippen MR) is 293 cm³/mol. The number of allylic oxidation sites excluding steroid dienone is 14. The zero-order chi connectivity index (χ0) is 55.7. The van der Waals surface area contributed by atoms with Crippen LogP contribution in [0.25, 0.3) is 0 Å². The van der Waals surface area contributed by atoms with E-state index in [0.717, 1.165) is 87.8 Å². The molecule has 0 bridgehead atoms. The SMILES string of the molecule is CCCCCC/C=C\C/C=C\C/C=C\CCCCCCCCC(=O)OC[C@H](COP(=O)(O)OP(=O)(O)OC[C@H]1O[C@@H](n2ccc(N)nc2=O)[C@H](O)[C@@H]1O)OC(=O)CCC/C=C\C/C=C\C/C=C\C=C\C(=O)CCCCC. The normalized spacial score (nSPS) is 19.3. The maximum absolute atomic E-state index is 12.9. The van der Waals surface area contributed by atoms with Crippen LogP contribution in [-0.2, 0) is 51.1 Å². The minimum atomic E-state index is -5.46. The van der Waals surface area contributed by atoms with Crippen LogP contribution in [0.15, 0.2) is 102 Å². The third-order valence-corrected chi connectivity index (χ3v) is 14.3. The molecule has 0 saturated carbocycles. The average molecular weight is 1110 g/mol. The van der Waals surface area contributed by atoms with Gasteiger partial charge in [-0.15, -0.1) is 0 Å². The summed E-state index contributed by atoms with van der Waals surface area (Å²) in [6.45, 7) is 1.90. The van der Waals surface area contributed by atoms with Crippen LogP contribution in [-0.4, -0.2) is 91.5 Å². The zero-order valence-corrected chi connectivity index (χ0v) is 46.6. The molecule has 76 heavy (non-hydrogen) atoms. The number of unbranched alkanes of at least 4 members (excludes halogenated alkanes) is 13. The van der Waals surface area contributed by atoms with E-state index in [1.54, 1.807) is 12.2 Å². The van der Waals surface area contributed by atoms with E-state index >= 15 is 0 Å². The van der Waals surface area contributed by atoms with Crippen molar-refractivity contribution in [3.8, 4) is 0 Å². The summed E-state index contributed by atoms with van der Waals surface area (Å²) in [5, 5.41) is 20.9. The maximum atomic E-state index is 12.9. The number of phosphoric acid groups is 2. The summed E-state index contributed by atoms with van der Waals surface area (Å²) < 4.78 is 56.7. The van der Waals surface area contributed by atoms with E-state index in [9.17, 15) is 48.3 Å². The Kier molecular flexibility index (Phi) is 37.1. The van der Waals surface area contributed by atoms with E-state index in [-0.39, 0.29) is 24.4 Å². The number of nitrogen functional groups attached to an aromatic ring is 1. The van der Waals surface area contributed by atoms with Crippen molar-refractivity contribution < 1.29 is 71.1 Å². The number of phosphoric ester groups is 2. The zero-order valence-electron chi connectivity index (χ0n) is 44.8. The van der Waals surface area contributed by atoms with Crippen molar-refractivity contribution in [1.29, 1.82) is 0 Å². The molecule has 0 aromatic carbocycles. The van der Waals surface area contributed by atoms with Gasteiger partial charge in [0, 0.05) is 25.5 Å². The molecule has 2 heterocycles. The van der Waals surface area contributed by atoms with E-state index in [2.05, 4.69) is 59.6 Å². The molecular formula is C55H87N3O16P2. The van der Waals surface area contributed by atoms with E-state index in [1.807, 2.05) is 36.5 Å². The van der Waals surface area contributed by atoms with Gasteiger partial charge in [0.25, 0.3) is 0 Å². The standard InChI is InChI=1S/C55H87N3O16P2/c1-3-5-7-8-9-10-11-12-13-14-15-16-17-18-19-22-25-28-31-35-39-50(60)69-43-47(72-51(61)40-36-32-29-26-23-20-21-24-27-30-34-38-46(59)37-33-6-4-2)44-70-75(65,66)74-76(67,68)71-45-48-52(62)53(63)54(73-48)58-42-41-49(56)57-55(58)64/h10-11,13-14,16-17,20-21,26-27,29-30,34,38,41-42,47-48,52-54,62-63H,3-9,12,15,18-19,22-25,28,31-33,35-37,39-40,43-45H2,1-2H3,(H,65,66)(H,67,68)(H2,56,57,64)/b11-10-,14-13-,17-16-,21-20-,29-26-,30-27-,38-34+/t47-,48-,52-,53-,54-/m1/s1. The van der Waals surface area contributed by atoms with Crippen LogP contribution in [0, 0.1) is 0 Å². The first-order valence-electron chi connectivity index (χ1n) is 27.1. The summed E-state index contributed by atoms with van der Waals surface area (Å²) in [7, 11) is -10.9. The molecule has 0 aliphatic carbocycles. The molecule has 1 aliphatic heterocycles. The molecule has 1 aliphatic rings. The number of ether oxygens (including phenoxy) is 3. The number of hydrogen-bond acceptors (Lipinski definition) is 16. The Bertz CT molecular complexity index is 2170. The Morgan fingerprint density at radius 1 is 0.671 bits per heavy atom.